The molecule has 0 aliphatic heterocycles. The zero-order valence-electron chi connectivity index (χ0n) is 12.1. The summed E-state index contributed by atoms with van der Waals surface area (Å²) in [5.41, 5.74) is 2.36. The maximum Gasteiger partial charge on any atom is 0.314 e. The van der Waals surface area contributed by atoms with Crippen LogP contribution in [0.2, 0.25) is 0 Å². The first kappa shape index (κ1) is 15.3. The van der Waals surface area contributed by atoms with Crippen LogP contribution in [0.15, 0.2) is 18.2 Å². The van der Waals surface area contributed by atoms with Gasteiger partial charge in [0.05, 0.1) is 6.54 Å². The van der Waals surface area contributed by atoms with Crippen LogP contribution in [0.4, 0.5) is 4.79 Å². The van der Waals surface area contributed by atoms with Crippen molar-refractivity contribution in [3.63, 3.8) is 0 Å². The number of benzene rings is 1. The van der Waals surface area contributed by atoms with E-state index in [1.165, 1.54) is 5.56 Å². The first-order valence-corrected chi connectivity index (χ1v) is 6.86. The molecule has 2 N–H and O–H groups in total. The van der Waals surface area contributed by atoms with Gasteiger partial charge in [0, 0.05) is 6.54 Å². The van der Waals surface area contributed by atoms with Crippen molar-refractivity contribution in [2.24, 2.45) is 0 Å². The topological polar surface area (TPSA) is 50.4 Å². The minimum atomic E-state index is -0.127. The molecule has 0 saturated carbocycles. The molecule has 0 bridgehead atoms. The van der Waals surface area contributed by atoms with Gasteiger partial charge >= 0.3 is 6.03 Å². The highest BCUT2D eigenvalue weighted by Gasteiger charge is 2.02. The Morgan fingerprint density at radius 2 is 1.95 bits per heavy atom. The van der Waals surface area contributed by atoms with Gasteiger partial charge in [-0.3, -0.25) is 0 Å². The van der Waals surface area contributed by atoms with Crippen LogP contribution in [0, 0.1) is 13.8 Å². The Bertz CT molecular complexity index is 405. The van der Waals surface area contributed by atoms with Gasteiger partial charge in [0.25, 0.3) is 0 Å². The zero-order chi connectivity index (χ0) is 14.1. The third-order valence-corrected chi connectivity index (χ3v) is 3.02. The monoisotopic (exact) mass is 264 g/mol. The second-order valence-electron chi connectivity index (χ2n) is 4.58. The lowest BCUT2D eigenvalue weighted by Crippen LogP contribution is -2.38. The van der Waals surface area contributed by atoms with Crippen LogP contribution in [0.5, 0.6) is 5.75 Å². The van der Waals surface area contributed by atoms with Gasteiger partial charge in [-0.1, -0.05) is 25.5 Å². The number of urea groups is 1. The summed E-state index contributed by atoms with van der Waals surface area (Å²) < 4.78 is 5.65. The van der Waals surface area contributed by atoms with Gasteiger partial charge < -0.3 is 15.4 Å². The van der Waals surface area contributed by atoms with Crippen molar-refractivity contribution in [3.8, 4) is 5.75 Å². The molecule has 0 heterocycles. The van der Waals surface area contributed by atoms with E-state index in [2.05, 4.69) is 30.5 Å². The van der Waals surface area contributed by atoms with Crippen LogP contribution in [-0.4, -0.2) is 25.7 Å². The molecule has 0 spiro atoms. The highest BCUT2D eigenvalue weighted by atomic mass is 16.5. The molecule has 106 valence electrons. The summed E-state index contributed by atoms with van der Waals surface area (Å²) in [7, 11) is 0. The lowest BCUT2D eigenvalue weighted by Gasteiger charge is -2.11. The molecule has 0 aromatic heterocycles. The van der Waals surface area contributed by atoms with Crippen LogP contribution in [-0.2, 0) is 0 Å². The zero-order valence-corrected chi connectivity index (χ0v) is 12.1. The summed E-state index contributed by atoms with van der Waals surface area (Å²) in [5.74, 6) is 0.883. The standard InChI is InChI=1S/C15H24N2O2/c1-4-5-9-16-15(18)17-10-11-19-14-8-6-7-12(2)13(14)3/h6-8H,4-5,9-11H2,1-3H3,(H2,16,17,18). The SMILES string of the molecule is CCCCNC(=O)NCCOc1cccc(C)c1C. The second-order valence-corrected chi connectivity index (χ2v) is 4.58. The molecule has 4 heteroatoms. The number of unbranched alkanes of at least 4 members (excludes halogenated alkanes) is 1. The molecule has 0 fully saturated rings. The van der Waals surface area contributed by atoms with Crippen molar-refractivity contribution in [1.82, 2.24) is 10.6 Å². The maximum absolute atomic E-state index is 11.4. The van der Waals surface area contributed by atoms with E-state index < -0.39 is 0 Å². The molecule has 0 aliphatic rings. The molecule has 19 heavy (non-hydrogen) atoms. The van der Waals surface area contributed by atoms with E-state index in [4.69, 9.17) is 4.74 Å². The van der Waals surface area contributed by atoms with E-state index in [1.807, 2.05) is 19.1 Å². The summed E-state index contributed by atoms with van der Waals surface area (Å²) in [5, 5.41) is 5.57. The van der Waals surface area contributed by atoms with Crippen molar-refractivity contribution in [3.05, 3.63) is 29.3 Å². The van der Waals surface area contributed by atoms with E-state index in [-0.39, 0.29) is 6.03 Å². The Hall–Kier alpha value is -1.71. The predicted molar refractivity (Wildman–Crippen MR) is 77.7 cm³/mol. The molecule has 0 atom stereocenters. The first-order chi connectivity index (χ1) is 9.15. The Morgan fingerprint density at radius 3 is 2.68 bits per heavy atom. The Kier molecular flexibility index (Phi) is 6.79. The van der Waals surface area contributed by atoms with Gasteiger partial charge in [-0.25, -0.2) is 4.79 Å². The molecule has 0 unspecified atom stereocenters. The van der Waals surface area contributed by atoms with Crippen molar-refractivity contribution >= 4 is 6.03 Å². The normalized spacial score (nSPS) is 10.1. The number of carbonyl (C=O) groups excluding carboxylic acids is 1. The number of rotatable bonds is 7. The lowest BCUT2D eigenvalue weighted by atomic mass is 10.1. The molecular formula is C15H24N2O2. The smallest absolute Gasteiger partial charge is 0.314 e. The van der Waals surface area contributed by atoms with Gasteiger partial charge in [0.15, 0.2) is 0 Å². The van der Waals surface area contributed by atoms with Crippen molar-refractivity contribution in [2.75, 3.05) is 19.7 Å². The summed E-state index contributed by atoms with van der Waals surface area (Å²) in [6.07, 6.45) is 2.09. The highest BCUT2D eigenvalue weighted by Crippen LogP contribution is 2.20. The molecule has 0 saturated heterocycles. The van der Waals surface area contributed by atoms with Gasteiger partial charge in [-0.2, -0.15) is 0 Å². The van der Waals surface area contributed by atoms with Crippen LogP contribution in [0.3, 0.4) is 0 Å². The minimum Gasteiger partial charge on any atom is -0.491 e. The van der Waals surface area contributed by atoms with Gasteiger partial charge in [-0.05, 0) is 37.5 Å². The van der Waals surface area contributed by atoms with Crippen LogP contribution in [0.1, 0.15) is 30.9 Å². The number of hydrogen-bond donors (Lipinski definition) is 2. The molecule has 2 amide bonds. The van der Waals surface area contributed by atoms with E-state index >= 15 is 0 Å². The maximum atomic E-state index is 11.4. The molecular weight excluding hydrogens is 240 g/mol. The fourth-order valence-electron chi connectivity index (χ4n) is 1.65. The fourth-order valence-corrected chi connectivity index (χ4v) is 1.65. The van der Waals surface area contributed by atoms with Crippen LogP contribution >= 0.6 is 0 Å². The Labute approximate surface area is 115 Å². The fraction of sp³-hybridized carbons (Fsp3) is 0.533. The average molecular weight is 264 g/mol. The summed E-state index contributed by atoms with van der Waals surface area (Å²) in [6.45, 7) is 7.89. The van der Waals surface area contributed by atoms with Gasteiger partial charge in [-0.15, -0.1) is 0 Å². The van der Waals surface area contributed by atoms with E-state index in [0.29, 0.717) is 13.2 Å². The van der Waals surface area contributed by atoms with E-state index in [0.717, 1.165) is 30.7 Å². The predicted octanol–water partition coefficient (Wildman–Crippen LogP) is 2.78. The molecule has 4 nitrogen and oxygen atoms in total. The number of hydrogen-bond acceptors (Lipinski definition) is 2. The molecule has 1 rings (SSSR count). The first-order valence-electron chi connectivity index (χ1n) is 6.86. The lowest BCUT2D eigenvalue weighted by molar-refractivity contribution is 0.236. The number of amides is 2. The minimum absolute atomic E-state index is 0.127. The molecule has 1 aromatic carbocycles. The van der Waals surface area contributed by atoms with Crippen molar-refractivity contribution in [1.29, 1.82) is 0 Å². The van der Waals surface area contributed by atoms with Gasteiger partial charge in [0.2, 0.25) is 0 Å². The summed E-state index contributed by atoms with van der Waals surface area (Å²) in [6, 6.07) is 5.85. The Morgan fingerprint density at radius 1 is 1.21 bits per heavy atom. The second kappa shape index (κ2) is 8.40. The van der Waals surface area contributed by atoms with Crippen LogP contribution in [0.25, 0.3) is 0 Å². The van der Waals surface area contributed by atoms with Crippen molar-refractivity contribution in [2.45, 2.75) is 33.6 Å². The summed E-state index contributed by atoms with van der Waals surface area (Å²) >= 11 is 0. The summed E-state index contributed by atoms with van der Waals surface area (Å²) in [4.78, 5) is 11.4. The molecule has 0 radical (unpaired) electrons. The number of aryl methyl sites for hydroxylation is 1. The number of ether oxygens (including phenoxy) is 1. The van der Waals surface area contributed by atoms with Crippen molar-refractivity contribution < 1.29 is 9.53 Å². The third kappa shape index (κ3) is 5.64. The van der Waals surface area contributed by atoms with Gasteiger partial charge in [0.1, 0.15) is 12.4 Å². The molecule has 1 aromatic rings. The van der Waals surface area contributed by atoms with Crippen LogP contribution < -0.4 is 15.4 Å². The third-order valence-electron chi connectivity index (χ3n) is 3.02. The number of nitrogens with one attached hydrogen (secondary N) is 2. The molecule has 0 aliphatic carbocycles. The largest absolute Gasteiger partial charge is 0.491 e. The van der Waals surface area contributed by atoms with E-state index in [9.17, 15) is 4.79 Å². The number of carbonyl (C=O) groups is 1. The quantitative estimate of drug-likeness (QED) is 0.744. The highest BCUT2D eigenvalue weighted by molar-refractivity contribution is 5.73. The Balaban J connectivity index is 2.20. The van der Waals surface area contributed by atoms with E-state index in [1.54, 1.807) is 0 Å². The average Bonchev–Trinajstić information content (AvgIpc) is 2.39.